The van der Waals surface area contributed by atoms with Gasteiger partial charge in [0.2, 0.25) is 0 Å². The van der Waals surface area contributed by atoms with E-state index in [0.29, 0.717) is 24.7 Å². The minimum atomic E-state index is -3.00. The van der Waals surface area contributed by atoms with Gasteiger partial charge in [-0.2, -0.15) is 5.10 Å². The first-order valence-corrected chi connectivity index (χ1v) is 13.1. The van der Waals surface area contributed by atoms with Gasteiger partial charge in [0.15, 0.2) is 15.7 Å². The average molecular weight is 455 g/mol. The lowest BCUT2D eigenvalue weighted by molar-refractivity contribution is 0.109. The molecule has 0 aromatic carbocycles. The first kappa shape index (κ1) is 21.8. The molecule has 2 aliphatic rings. The van der Waals surface area contributed by atoms with Crippen LogP contribution in [0.4, 0.5) is 5.82 Å². The van der Waals surface area contributed by atoms with Crippen molar-refractivity contribution in [3.8, 4) is 0 Å². The first-order valence-electron chi connectivity index (χ1n) is 10.9. The number of hydrogen-bond donors (Lipinski definition) is 1. The monoisotopic (exact) mass is 454 g/mol. The molecule has 1 aliphatic carbocycles. The summed E-state index contributed by atoms with van der Waals surface area (Å²) in [6.07, 6.45) is 7.54. The third-order valence-corrected chi connectivity index (χ3v) is 8.87. The summed E-state index contributed by atoms with van der Waals surface area (Å²) >= 11 is 6.19. The predicted octanol–water partition coefficient (Wildman–Crippen LogP) is 3.29. The standard InChI is InChI=1S/C21H31ClN4O3S/c1-2-9-30(28,29)13-16-5-8-25(12-16)20-17-11-23-19(22)10-18(17)26(24-20)14-21(15-27)6-3-4-7-21/h10-11,16,27H,2-9,12-15H2,1H3/t16-/m0/s1. The molecule has 2 aromatic heterocycles. The van der Waals surface area contributed by atoms with Crippen LogP contribution in [-0.4, -0.2) is 59.5 Å². The fourth-order valence-corrected chi connectivity index (χ4v) is 7.04. The molecule has 3 heterocycles. The maximum atomic E-state index is 12.3. The summed E-state index contributed by atoms with van der Waals surface area (Å²) in [6.45, 7) is 4.18. The van der Waals surface area contributed by atoms with Crippen LogP contribution in [0.15, 0.2) is 12.3 Å². The maximum Gasteiger partial charge on any atom is 0.160 e. The van der Waals surface area contributed by atoms with Crippen molar-refractivity contribution in [1.29, 1.82) is 0 Å². The molecule has 0 spiro atoms. The molecule has 9 heteroatoms. The van der Waals surface area contributed by atoms with Crippen molar-refractivity contribution in [2.45, 2.75) is 52.0 Å². The van der Waals surface area contributed by atoms with Gasteiger partial charge >= 0.3 is 0 Å². The Balaban J connectivity index is 1.61. The lowest BCUT2D eigenvalue weighted by atomic mass is 9.87. The van der Waals surface area contributed by atoms with E-state index in [0.717, 1.165) is 55.4 Å². The predicted molar refractivity (Wildman–Crippen MR) is 120 cm³/mol. The second kappa shape index (κ2) is 8.63. The quantitative estimate of drug-likeness (QED) is 0.615. The molecule has 1 saturated carbocycles. The van der Waals surface area contributed by atoms with E-state index < -0.39 is 9.84 Å². The highest BCUT2D eigenvalue weighted by Gasteiger charge is 2.35. The topological polar surface area (TPSA) is 88.3 Å². The Hall–Kier alpha value is -1.38. The van der Waals surface area contributed by atoms with Gasteiger partial charge in [-0.25, -0.2) is 13.4 Å². The molecule has 1 saturated heterocycles. The number of aliphatic hydroxyl groups excluding tert-OH is 1. The summed E-state index contributed by atoms with van der Waals surface area (Å²) in [6, 6.07) is 1.84. The Bertz CT molecular complexity index is 1000. The van der Waals surface area contributed by atoms with E-state index in [1.165, 1.54) is 0 Å². The van der Waals surface area contributed by atoms with Crippen LogP contribution in [0.1, 0.15) is 45.4 Å². The van der Waals surface area contributed by atoms with Crippen molar-refractivity contribution in [2.75, 3.05) is 36.1 Å². The summed E-state index contributed by atoms with van der Waals surface area (Å²) in [4.78, 5) is 6.45. The number of rotatable bonds is 8. The fourth-order valence-electron chi connectivity index (χ4n) is 5.11. The van der Waals surface area contributed by atoms with Crippen LogP contribution < -0.4 is 4.90 Å². The third-order valence-electron chi connectivity index (χ3n) is 6.66. The molecular formula is C21H31ClN4O3S. The van der Waals surface area contributed by atoms with Crippen molar-refractivity contribution in [1.82, 2.24) is 14.8 Å². The van der Waals surface area contributed by atoms with Crippen molar-refractivity contribution < 1.29 is 13.5 Å². The van der Waals surface area contributed by atoms with E-state index in [-0.39, 0.29) is 29.4 Å². The minimum Gasteiger partial charge on any atom is -0.396 e. The number of pyridine rings is 1. The Kier molecular flexibility index (Phi) is 6.28. The largest absolute Gasteiger partial charge is 0.396 e. The number of hydrogen-bond acceptors (Lipinski definition) is 6. The van der Waals surface area contributed by atoms with Crippen molar-refractivity contribution in [3.63, 3.8) is 0 Å². The molecule has 7 nitrogen and oxygen atoms in total. The average Bonchev–Trinajstić information content (AvgIpc) is 3.41. The summed E-state index contributed by atoms with van der Waals surface area (Å²) < 4.78 is 26.5. The van der Waals surface area contributed by atoms with Gasteiger partial charge < -0.3 is 10.0 Å². The van der Waals surface area contributed by atoms with Crippen molar-refractivity contribution in [2.24, 2.45) is 11.3 Å². The van der Waals surface area contributed by atoms with Crippen LogP contribution in [0.3, 0.4) is 0 Å². The molecule has 4 rings (SSSR count). The lowest BCUT2D eigenvalue weighted by Crippen LogP contribution is -2.28. The zero-order chi connectivity index (χ0) is 21.4. The zero-order valence-electron chi connectivity index (χ0n) is 17.6. The number of halogens is 1. The third kappa shape index (κ3) is 4.46. The van der Waals surface area contributed by atoms with E-state index >= 15 is 0 Å². The Morgan fingerprint density at radius 3 is 2.80 bits per heavy atom. The molecule has 2 aromatic rings. The Labute approximate surface area is 183 Å². The highest BCUT2D eigenvalue weighted by Crippen LogP contribution is 2.40. The van der Waals surface area contributed by atoms with E-state index in [4.69, 9.17) is 16.7 Å². The van der Waals surface area contributed by atoms with E-state index in [2.05, 4.69) is 9.88 Å². The molecule has 2 fully saturated rings. The number of aromatic nitrogens is 3. The number of aliphatic hydroxyl groups is 1. The molecule has 166 valence electrons. The van der Waals surface area contributed by atoms with Gasteiger partial charge in [0.1, 0.15) is 5.15 Å². The molecule has 1 N–H and O–H groups in total. The van der Waals surface area contributed by atoms with E-state index in [1.807, 2.05) is 17.7 Å². The second-order valence-electron chi connectivity index (χ2n) is 9.09. The maximum absolute atomic E-state index is 12.3. The molecule has 0 radical (unpaired) electrons. The SMILES string of the molecule is CCCS(=O)(=O)C[C@H]1CCN(c2nn(CC3(CO)CCCC3)c3cc(Cl)ncc23)C1. The Morgan fingerprint density at radius 1 is 1.33 bits per heavy atom. The van der Waals surface area contributed by atoms with Crippen molar-refractivity contribution >= 4 is 38.2 Å². The molecule has 0 amide bonds. The van der Waals surface area contributed by atoms with E-state index in [9.17, 15) is 13.5 Å². The molecular weight excluding hydrogens is 424 g/mol. The highest BCUT2D eigenvalue weighted by atomic mass is 35.5. The van der Waals surface area contributed by atoms with Gasteiger partial charge in [-0.05, 0) is 31.6 Å². The number of anilines is 1. The van der Waals surface area contributed by atoms with Crippen LogP contribution in [-0.2, 0) is 16.4 Å². The van der Waals surface area contributed by atoms with Gasteiger partial charge in [-0.15, -0.1) is 0 Å². The Morgan fingerprint density at radius 2 is 2.10 bits per heavy atom. The number of sulfone groups is 1. The van der Waals surface area contributed by atoms with Crippen LogP contribution in [0.2, 0.25) is 5.15 Å². The van der Waals surface area contributed by atoms with Crippen LogP contribution in [0, 0.1) is 11.3 Å². The van der Waals surface area contributed by atoms with Gasteiger partial charge in [-0.1, -0.05) is 31.4 Å². The van der Waals surface area contributed by atoms with Crippen molar-refractivity contribution in [3.05, 3.63) is 17.4 Å². The second-order valence-corrected chi connectivity index (χ2v) is 11.7. The van der Waals surface area contributed by atoms with Gasteiger partial charge in [0, 0.05) is 43.1 Å². The van der Waals surface area contributed by atoms with Gasteiger partial charge in [0.25, 0.3) is 0 Å². The molecule has 0 unspecified atom stereocenters. The highest BCUT2D eigenvalue weighted by molar-refractivity contribution is 7.91. The summed E-state index contributed by atoms with van der Waals surface area (Å²) in [7, 11) is -3.00. The molecule has 0 bridgehead atoms. The summed E-state index contributed by atoms with van der Waals surface area (Å²) in [5, 5.41) is 16.3. The molecule has 30 heavy (non-hydrogen) atoms. The molecule has 1 atom stereocenters. The molecule has 1 aliphatic heterocycles. The normalized spacial score (nSPS) is 21.7. The number of fused-ring (bicyclic) bond motifs is 1. The van der Waals surface area contributed by atoms with Gasteiger partial charge in [0.05, 0.1) is 23.3 Å². The lowest BCUT2D eigenvalue weighted by Gasteiger charge is -2.26. The first-order chi connectivity index (χ1) is 14.3. The summed E-state index contributed by atoms with van der Waals surface area (Å²) in [5.41, 5.74) is 0.792. The zero-order valence-corrected chi connectivity index (χ0v) is 19.1. The summed E-state index contributed by atoms with van der Waals surface area (Å²) in [5.74, 6) is 1.47. The van der Waals surface area contributed by atoms with Crippen LogP contribution >= 0.6 is 11.6 Å². The van der Waals surface area contributed by atoms with E-state index in [1.54, 1.807) is 6.20 Å². The smallest absolute Gasteiger partial charge is 0.160 e. The minimum absolute atomic E-state index is 0.126. The van der Waals surface area contributed by atoms with Crippen LogP contribution in [0.5, 0.6) is 0 Å². The van der Waals surface area contributed by atoms with Gasteiger partial charge in [-0.3, -0.25) is 4.68 Å². The fraction of sp³-hybridized carbons (Fsp3) is 0.714. The van der Waals surface area contributed by atoms with Crippen LogP contribution in [0.25, 0.3) is 10.9 Å². The number of nitrogens with zero attached hydrogens (tertiary/aromatic N) is 4.